The molecule has 0 saturated heterocycles. The quantitative estimate of drug-likeness (QED) is 0.428. The predicted octanol–water partition coefficient (Wildman–Crippen LogP) is 6.35. The normalized spacial score (nSPS) is 10.5. The van der Waals surface area contributed by atoms with E-state index in [0.29, 0.717) is 39.7 Å². The maximum Gasteiger partial charge on any atom is 0.180 e. The van der Waals surface area contributed by atoms with Crippen LogP contribution in [0.4, 0.5) is 0 Å². The minimum absolute atomic E-state index is 0.350. The van der Waals surface area contributed by atoms with Gasteiger partial charge in [0.2, 0.25) is 0 Å². The molecule has 0 aliphatic rings. The van der Waals surface area contributed by atoms with Crippen molar-refractivity contribution in [3.63, 3.8) is 0 Å². The first-order valence-electron chi connectivity index (χ1n) is 9.05. The van der Waals surface area contributed by atoms with E-state index in [9.17, 15) is 0 Å². The van der Waals surface area contributed by atoms with Gasteiger partial charge in [-0.2, -0.15) is 0 Å². The van der Waals surface area contributed by atoms with Crippen molar-refractivity contribution < 1.29 is 9.47 Å². The minimum atomic E-state index is 0.350. The lowest BCUT2D eigenvalue weighted by atomic mass is 10.1. The van der Waals surface area contributed by atoms with Crippen LogP contribution in [-0.4, -0.2) is 12.1 Å². The number of halogens is 2. The second-order valence-electron chi connectivity index (χ2n) is 6.51. The van der Waals surface area contributed by atoms with Gasteiger partial charge in [0.25, 0.3) is 0 Å². The Labute approximate surface area is 186 Å². The standard InChI is InChI=1S/C23H21Cl2NO2S/c1-15-5-3-4-6-17(15)13-26-23(29)18-11-20(25)22(21(12-18)27-2)28-14-16-7-9-19(24)10-8-16/h3-12H,13-14H2,1-2H3,(H,26,29). The predicted molar refractivity (Wildman–Crippen MR) is 124 cm³/mol. The molecule has 3 nitrogen and oxygen atoms in total. The summed E-state index contributed by atoms with van der Waals surface area (Å²) in [4.78, 5) is 0.595. The Morgan fingerprint density at radius 1 is 1.03 bits per heavy atom. The number of nitrogens with one attached hydrogen (secondary N) is 1. The van der Waals surface area contributed by atoms with Gasteiger partial charge in [-0.05, 0) is 47.9 Å². The molecule has 0 fully saturated rings. The molecular formula is C23H21Cl2NO2S. The Hall–Kier alpha value is -2.27. The van der Waals surface area contributed by atoms with Crippen molar-refractivity contribution in [2.45, 2.75) is 20.1 Å². The molecule has 0 aliphatic heterocycles. The molecule has 0 amide bonds. The monoisotopic (exact) mass is 445 g/mol. The summed E-state index contributed by atoms with van der Waals surface area (Å²) < 4.78 is 11.4. The fraction of sp³-hybridized carbons (Fsp3) is 0.174. The number of benzene rings is 3. The van der Waals surface area contributed by atoms with E-state index in [0.717, 1.165) is 11.1 Å². The Balaban J connectivity index is 1.72. The van der Waals surface area contributed by atoms with Gasteiger partial charge >= 0.3 is 0 Å². The molecule has 3 rings (SSSR count). The summed E-state index contributed by atoms with van der Waals surface area (Å²) in [6.07, 6.45) is 0. The molecule has 0 bridgehead atoms. The van der Waals surface area contributed by atoms with Gasteiger partial charge in [0.05, 0.1) is 12.1 Å². The second kappa shape index (κ2) is 9.97. The van der Waals surface area contributed by atoms with Gasteiger partial charge in [-0.15, -0.1) is 0 Å². The largest absolute Gasteiger partial charge is 0.493 e. The van der Waals surface area contributed by atoms with Crippen molar-refractivity contribution in [2.24, 2.45) is 0 Å². The molecule has 0 spiro atoms. The number of hydrogen-bond donors (Lipinski definition) is 1. The summed E-state index contributed by atoms with van der Waals surface area (Å²) in [6, 6.07) is 19.2. The molecule has 0 atom stereocenters. The second-order valence-corrected chi connectivity index (χ2v) is 7.77. The van der Waals surface area contributed by atoms with Crippen molar-refractivity contribution in [3.05, 3.63) is 93.0 Å². The van der Waals surface area contributed by atoms with Gasteiger partial charge in [0, 0.05) is 17.1 Å². The topological polar surface area (TPSA) is 30.5 Å². The van der Waals surface area contributed by atoms with E-state index in [2.05, 4.69) is 24.4 Å². The average molecular weight is 446 g/mol. The number of hydrogen-bond acceptors (Lipinski definition) is 3. The number of aryl methyl sites for hydroxylation is 1. The van der Waals surface area contributed by atoms with Crippen LogP contribution in [0.15, 0.2) is 60.7 Å². The minimum Gasteiger partial charge on any atom is -0.493 e. The SMILES string of the molecule is COc1cc(C(=S)NCc2ccccc2C)cc(Cl)c1OCc1ccc(Cl)cc1. The summed E-state index contributed by atoms with van der Waals surface area (Å²) in [7, 11) is 1.58. The molecule has 0 heterocycles. The molecule has 3 aromatic carbocycles. The number of methoxy groups -OCH3 is 1. The molecule has 0 saturated carbocycles. The van der Waals surface area contributed by atoms with E-state index < -0.39 is 0 Å². The Morgan fingerprint density at radius 2 is 1.76 bits per heavy atom. The lowest BCUT2D eigenvalue weighted by molar-refractivity contribution is 0.284. The van der Waals surface area contributed by atoms with Crippen molar-refractivity contribution in [1.29, 1.82) is 0 Å². The summed E-state index contributed by atoms with van der Waals surface area (Å²) in [5.41, 5.74) is 4.15. The lowest BCUT2D eigenvalue weighted by Gasteiger charge is -2.16. The first kappa shape index (κ1) is 21.4. The number of rotatable bonds is 7. The maximum atomic E-state index is 6.48. The smallest absolute Gasteiger partial charge is 0.180 e. The highest BCUT2D eigenvalue weighted by Gasteiger charge is 2.15. The van der Waals surface area contributed by atoms with Crippen LogP contribution < -0.4 is 14.8 Å². The summed E-state index contributed by atoms with van der Waals surface area (Å²) in [5.74, 6) is 1.01. The first-order valence-corrected chi connectivity index (χ1v) is 10.2. The van der Waals surface area contributed by atoms with Crippen LogP contribution in [0.3, 0.4) is 0 Å². The van der Waals surface area contributed by atoms with Crippen LogP contribution in [0.25, 0.3) is 0 Å². The first-order chi connectivity index (χ1) is 14.0. The number of ether oxygens (including phenoxy) is 2. The molecule has 0 aromatic heterocycles. The van der Waals surface area contributed by atoms with Gasteiger partial charge < -0.3 is 14.8 Å². The van der Waals surface area contributed by atoms with Gasteiger partial charge in [-0.1, -0.05) is 71.8 Å². The molecule has 3 aromatic rings. The van der Waals surface area contributed by atoms with Crippen LogP contribution >= 0.6 is 35.4 Å². The number of thiocarbonyl (C=S) groups is 1. The van der Waals surface area contributed by atoms with Gasteiger partial charge in [-0.25, -0.2) is 0 Å². The zero-order valence-electron chi connectivity index (χ0n) is 16.2. The Morgan fingerprint density at radius 3 is 2.45 bits per heavy atom. The van der Waals surface area contributed by atoms with Crippen LogP contribution in [0, 0.1) is 6.92 Å². The maximum absolute atomic E-state index is 6.48. The zero-order chi connectivity index (χ0) is 20.8. The molecular weight excluding hydrogens is 425 g/mol. The fourth-order valence-electron chi connectivity index (χ4n) is 2.81. The Bertz CT molecular complexity index is 1010. The zero-order valence-corrected chi connectivity index (χ0v) is 18.5. The molecule has 1 N–H and O–H groups in total. The third-order valence-electron chi connectivity index (χ3n) is 4.49. The lowest BCUT2D eigenvalue weighted by Crippen LogP contribution is -2.22. The highest BCUT2D eigenvalue weighted by atomic mass is 35.5. The van der Waals surface area contributed by atoms with E-state index in [1.165, 1.54) is 11.1 Å². The van der Waals surface area contributed by atoms with E-state index in [1.54, 1.807) is 13.2 Å². The molecule has 0 unspecified atom stereocenters. The van der Waals surface area contributed by atoms with Crippen LogP contribution in [0.5, 0.6) is 11.5 Å². The highest BCUT2D eigenvalue weighted by molar-refractivity contribution is 7.80. The van der Waals surface area contributed by atoms with Crippen molar-refractivity contribution in [2.75, 3.05) is 7.11 Å². The molecule has 150 valence electrons. The van der Waals surface area contributed by atoms with Crippen molar-refractivity contribution >= 4 is 40.4 Å². The van der Waals surface area contributed by atoms with Crippen LogP contribution in [-0.2, 0) is 13.2 Å². The van der Waals surface area contributed by atoms with Crippen molar-refractivity contribution in [1.82, 2.24) is 5.32 Å². The molecule has 0 aliphatic carbocycles. The molecule has 29 heavy (non-hydrogen) atoms. The molecule has 6 heteroatoms. The van der Waals surface area contributed by atoms with Crippen LogP contribution in [0.1, 0.15) is 22.3 Å². The van der Waals surface area contributed by atoms with E-state index in [4.69, 9.17) is 44.9 Å². The summed E-state index contributed by atoms with van der Waals surface area (Å²) in [5, 5.41) is 4.40. The van der Waals surface area contributed by atoms with Gasteiger partial charge in [0.1, 0.15) is 11.6 Å². The van der Waals surface area contributed by atoms with Crippen molar-refractivity contribution in [3.8, 4) is 11.5 Å². The van der Waals surface area contributed by atoms with Gasteiger partial charge in [-0.3, -0.25) is 0 Å². The van der Waals surface area contributed by atoms with E-state index >= 15 is 0 Å². The fourth-order valence-corrected chi connectivity index (χ4v) is 3.39. The summed E-state index contributed by atoms with van der Waals surface area (Å²) >= 11 is 17.9. The Kier molecular flexibility index (Phi) is 7.37. The average Bonchev–Trinajstić information content (AvgIpc) is 2.72. The third-order valence-corrected chi connectivity index (χ3v) is 5.40. The van der Waals surface area contributed by atoms with Crippen LogP contribution in [0.2, 0.25) is 10.0 Å². The van der Waals surface area contributed by atoms with E-state index in [1.807, 2.05) is 42.5 Å². The highest BCUT2D eigenvalue weighted by Crippen LogP contribution is 2.37. The van der Waals surface area contributed by atoms with Gasteiger partial charge in [0.15, 0.2) is 11.5 Å². The summed E-state index contributed by atoms with van der Waals surface area (Å²) in [6.45, 7) is 3.07. The van der Waals surface area contributed by atoms with E-state index in [-0.39, 0.29) is 0 Å². The molecule has 0 radical (unpaired) electrons. The third kappa shape index (κ3) is 5.63.